The number of aromatic nitrogens is 1. The number of carbonyl (C=O) groups excluding carboxylic acids is 2. The number of halogens is 4. The molecule has 1 atom stereocenters. The molecule has 1 aliphatic rings. The van der Waals surface area contributed by atoms with E-state index in [1.807, 2.05) is 0 Å². The molecule has 3 amide bonds. The summed E-state index contributed by atoms with van der Waals surface area (Å²) in [6, 6.07) is 7.58. The number of urea groups is 1. The Morgan fingerprint density at radius 3 is 2.37 bits per heavy atom. The Kier molecular flexibility index (Phi) is 7.29. The Hall–Kier alpha value is -4.17. The van der Waals surface area contributed by atoms with Crippen molar-refractivity contribution in [3.8, 4) is 0 Å². The van der Waals surface area contributed by atoms with Crippen LogP contribution >= 0.6 is 11.3 Å². The van der Waals surface area contributed by atoms with Crippen molar-refractivity contribution in [2.75, 3.05) is 23.7 Å². The van der Waals surface area contributed by atoms with E-state index in [1.165, 1.54) is 23.1 Å². The van der Waals surface area contributed by atoms with Crippen LogP contribution in [0.5, 0.6) is 0 Å². The summed E-state index contributed by atoms with van der Waals surface area (Å²) >= 11 is 0.855. The molecule has 7 N–H and O–H groups in total. The van der Waals surface area contributed by atoms with Crippen molar-refractivity contribution in [3.05, 3.63) is 77.4 Å². The number of fused-ring (bicyclic) bond motifs is 1. The van der Waals surface area contributed by atoms with E-state index in [0.717, 1.165) is 54.3 Å². The van der Waals surface area contributed by atoms with Gasteiger partial charge in [0.2, 0.25) is 5.60 Å². The van der Waals surface area contributed by atoms with Crippen molar-refractivity contribution in [1.82, 2.24) is 9.88 Å². The minimum atomic E-state index is -5.26. The average molecular weight is 551 g/mol. The van der Waals surface area contributed by atoms with Crippen LogP contribution < -0.4 is 22.1 Å². The lowest BCUT2D eigenvalue weighted by atomic mass is 9.88. The summed E-state index contributed by atoms with van der Waals surface area (Å²) in [6.45, 7) is 0.877. The van der Waals surface area contributed by atoms with Gasteiger partial charge in [0, 0.05) is 30.5 Å². The summed E-state index contributed by atoms with van der Waals surface area (Å²) in [7, 11) is 0. The van der Waals surface area contributed by atoms with Gasteiger partial charge in [0.1, 0.15) is 5.82 Å². The van der Waals surface area contributed by atoms with Crippen LogP contribution in [0, 0.1) is 5.82 Å². The van der Waals surface area contributed by atoms with Crippen molar-refractivity contribution in [2.24, 2.45) is 11.5 Å². The lowest BCUT2D eigenvalue weighted by Gasteiger charge is -2.33. The Labute approximate surface area is 217 Å². The number of hydrogen-bond donors (Lipinski definition) is 5. The first-order chi connectivity index (χ1) is 17.9. The molecule has 1 aliphatic heterocycles. The van der Waals surface area contributed by atoms with Crippen molar-refractivity contribution in [2.45, 2.75) is 18.2 Å². The fourth-order valence-electron chi connectivity index (χ4n) is 3.64. The highest BCUT2D eigenvalue weighted by Gasteiger charge is 2.57. The fourth-order valence-corrected chi connectivity index (χ4v) is 4.54. The van der Waals surface area contributed by atoms with Crippen LogP contribution in [0.15, 0.2) is 66.0 Å². The Morgan fingerprint density at radius 1 is 1.11 bits per heavy atom. The number of likely N-dealkylation sites (tertiary alicyclic amines) is 1. The Bertz CT molecular complexity index is 1430. The van der Waals surface area contributed by atoms with Gasteiger partial charge in [-0.15, -0.1) is 0 Å². The summed E-state index contributed by atoms with van der Waals surface area (Å²) in [5, 5.41) is 15.9. The van der Waals surface area contributed by atoms with Gasteiger partial charge in [-0.1, -0.05) is 17.4 Å². The highest BCUT2D eigenvalue weighted by molar-refractivity contribution is 7.22. The number of aliphatic hydroxyl groups is 1. The van der Waals surface area contributed by atoms with E-state index in [9.17, 15) is 32.3 Å². The third kappa shape index (κ3) is 5.26. The van der Waals surface area contributed by atoms with Gasteiger partial charge in [0.15, 0.2) is 5.13 Å². The third-order valence-corrected chi connectivity index (χ3v) is 6.77. The first-order valence-electron chi connectivity index (χ1n) is 11.1. The first kappa shape index (κ1) is 26.9. The van der Waals surface area contributed by atoms with Gasteiger partial charge in [-0.2, -0.15) is 13.2 Å². The second kappa shape index (κ2) is 10.3. The molecule has 0 radical (unpaired) electrons. The zero-order valence-corrected chi connectivity index (χ0v) is 20.4. The molecule has 0 aliphatic carbocycles. The maximum Gasteiger partial charge on any atom is 0.427 e. The lowest BCUT2D eigenvalue weighted by Crippen LogP contribution is -2.47. The molecule has 1 fully saturated rings. The summed E-state index contributed by atoms with van der Waals surface area (Å²) in [6.07, 6.45) is -2.94. The van der Waals surface area contributed by atoms with Crippen molar-refractivity contribution >= 4 is 44.3 Å². The van der Waals surface area contributed by atoms with Gasteiger partial charge < -0.3 is 26.8 Å². The Morgan fingerprint density at radius 2 is 1.79 bits per heavy atom. The number of thiazole rings is 1. The number of amides is 3. The summed E-state index contributed by atoms with van der Waals surface area (Å²) < 4.78 is 55.9. The molecule has 0 spiro atoms. The van der Waals surface area contributed by atoms with Crippen molar-refractivity contribution in [1.29, 1.82) is 0 Å². The summed E-state index contributed by atoms with van der Waals surface area (Å²) in [4.78, 5) is 30.2. The monoisotopic (exact) mass is 550 g/mol. The van der Waals surface area contributed by atoms with Crippen LogP contribution in [0.4, 0.5) is 33.2 Å². The second-order valence-electron chi connectivity index (χ2n) is 8.36. The SMILES string of the molecule is N/C=C(\C=C(/N)C(O)(c1ccc2nc(NC(=O)Nc3ccc(F)cc3)sc2c1)C(F)(F)F)C(=O)N1CCC1. The predicted octanol–water partition coefficient (Wildman–Crippen LogP) is 3.75. The minimum absolute atomic E-state index is 0.0596. The van der Waals surface area contributed by atoms with E-state index in [1.54, 1.807) is 0 Å². The number of nitrogens with zero attached hydrogens (tertiary/aromatic N) is 2. The van der Waals surface area contributed by atoms with E-state index in [-0.39, 0.29) is 20.9 Å². The normalized spacial score (nSPS) is 16.1. The van der Waals surface area contributed by atoms with Crippen molar-refractivity contribution < 1.29 is 32.3 Å². The average Bonchev–Trinajstić information content (AvgIpc) is 3.22. The van der Waals surface area contributed by atoms with Gasteiger partial charge in [-0.25, -0.2) is 14.2 Å². The molecular weight excluding hydrogens is 528 g/mol. The van der Waals surface area contributed by atoms with Crippen LogP contribution in [0.1, 0.15) is 12.0 Å². The summed E-state index contributed by atoms with van der Waals surface area (Å²) in [5.74, 6) is -1.08. The maximum atomic E-state index is 14.2. The molecule has 2 heterocycles. The zero-order valence-electron chi connectivity index (χ0n) is 19.6. The van der Waals surface area contributed by atoms with Crippen LogP contribution in [0.3, 0.4) is 0 Å². The highest BCUT2D eigenvalue weighted by atomic mass is 32.1. The molecule has 38 heavy (non-hydrogen) atoms. The summed E-state index contributed by atoms with van der Waals surface area (Å²) in [5.41, 5.74) is 6.18. The molecule has 200 valence electrons. The fraction of sp³-hybridized carbons (Fsp3) is 0.208. The molecule has 1 aromatic heterocycles. The predicted molar refractivity (Wildman–Crippen MR) is 134 cm³/mol. The highest BCUT2D eigenvalue weighted by Crippen LogP contribution is 2.44. The number of carbonyl (C=O) groups is 2. The van der Waals surface area contributed by atoms with E-state index < -0.39 is 40.8 Å². The number of rotatable bonds is 6. The maximum absolute atomic E-state index is 14.2. The lowest BCUT2D eigenvalue weighted by molar-refractivity contribution is -0.250. The molecule has 4 rings (SSSR count). The molecule has 0 bridgehead atoms. The van der Waals surface area contributed by atoms with Crippen LogP contribution in [0.2, 0.25) is 0 Å². The van der Waals surface area contributed by atoms with Gasteiger partial charge in [-0.3, -0.25) is 10.1 Å². The molecule has 3 aromatic rings. The molecule has 14 heteroatoms. The molecular formula is C24H22F4N6O3S. The number of hydrogen-bond acceptors (Lipinski definition) is 7. The van der Waals surface area contributed by atoms with Gasteiger partial charge in [0.05, 0.1) is 21.5 Å². The van der Waals surface area contributed by atoms with Gasteiger partial charge >= 0.3 is 12.2 Å². The number of alkyl halides is 3. The number of nitrogens with two attached hydrogens (primary N) is 2. The third-order valence-electron chi connectivity index (χ3n) is 5.84. The van der Waals surface area contributed by atoms with Crippen LogP contribution in [0.25, 0.3) is 10.2 Å². The number of benzene rings is 2. The topological polar surface area (TPSA) is 147 Å². The smallest absolute Gasteiger partial charge is 0.404 e. The zero-order chi connectivity index (χ0) is 27.7. The molecule has 9 nitrogen and oxygen atoms in total. The quantitative estimate of drug-likeness (QED) is 0.180. The molecule has 1 saturated heterocycles. The molecule has 0 saturated carbocycles. The first-order valence-corrected chi connectivity index (χ1v) is 12.0. The van der Waals surface area contributed by atoms with Gasteiger partial charge in [0.25, 0.3) is 5.91 Å². The molecule has 2 aromatic carbocycles. The van der Waals surface area contributed by atoms with E-state index >= 15 is 0 Å². The second-order valence-corrected chi connectivity index (χ2v) is 9.39. The van der Waals surface area contributed by atoms with E-state index in [4.69, 9.17) is 11.5 Å². The van der Waals surface area contributed by atoms with E-state index in [0.29, 0.717) is 18.8 Å². The molecule has 1 unspecified atom stereocenters. The minimum Gasteiger partial charge on any atom is -0.404 e. The largest absolute Gasteiger partial charge is 0.427 e. The van der Waals surface area contributed by atoms with E-state index in [2.05, 4.69) is 15.6 Å². The van der Waals surface area contributed by atoms with Crippen LogP contribution in [-0.4, -0.2) is 46.2 Å². The number of nitrogens with one attached hydrogen (secondary N) is 2. The standard InChI is InChI=1S/C24H22F4N6O3S/c25-15-3-5-16(6-4-15)31-21(36)33-22-32-17-7-2-14(11-18(17)38-22)23(37,24(26,27)28)19(30)10-13(12-29)20(35)34-8-1-9-34/h2-7,10-12,37H,1,8-9,29-30H2,(H2,31,32,33,36)/b13-12+,19-10-. The van der Waals surface area contributed by atoms with Gasteiger partial charge in [-0.05, 0) is 48.9 Å². The number of anilines is 2. The Balaban J connectivity index is 1.61. The van der Waals surface area contributed by atoms with Crippen LogP contribution in [-0.2, 0) is 10.4 Å². The van der Waals surface area contributed by atoms with Crippen molar-refractivity contribution in [3.63, 3.8) is 0 Å².